The van der Waals surface area contributed by atoms with Gasteiger partial charge in [-0.15, -0.1) is 0 Å². The molecular weight excluding hydrogens is 546 g/mol. The summed E-state index contributed by atoms with van der Waals surface area (Å²) in [5.74, 6) is 0.0984. The molecule has 36 heavy (non-hydrogen) atoms. The first-order valence-electron chi connectivity index (χ1n) is 11.9. The Balaban J connectivity index is 2.18. The van der Waals surface area contributed by atoms with Gasteiger partial charge in [0, 0.05) is 36.1 Å². The number of nitrogens with zero attached hydrogens (tertiary/aromatic N) is 2. The van der Waals surface area contributed by atoms with E-state index in [1.165, 1.54) is 11.4 Å². The number of halogens is 1. The highest BCUT2D eigenvalue weighted by Crippen LogP contribution is 2.24. The van der Waals surface area contributed by atoms with Gasteiger partial charge in [-0.1, -0.05) is 41.1 Å². The fraction of sp³-hybridized carbons (Fsp3) is 0.462. The van der Waals surface area contributed by atoms with E-state index in [4.69, 9.17) is 4.74 Å². The fourth-order valence-corrected chi connectivity index (χ4v) is 5.05. The first-order chi connectivity index (χ1) is 17.0. The lowest BCUT2D eigenvalue weighted by Crippen LogP contribution is -2.49. The number of amides is 2. The van der Waals surface area contributed by atoms with E-state index in [0.29, 0.717) is 11.4 Å². The largest absolute Gasteiger partial charge is 0.497 e. The molecule has 198 valence electrons. The summed E-state index contributed by atoms with van der Waals surface area (Å²) in [5, 5.41) is 2.95. The molecule has 0 saturated heterocycles. The van der Waals surface area contributed by atoms with Crippen LogP contribution in [-0.2, 0) is 26.2 Å². The Morgan fingerprint density at radius 2 is 1.81 bits per heavy atom. The topological polar surface area (TPSA) is 96.0 Å². The average Bonchev–Trinajstić information content (AvgIpc) is 2.83. The van der Waals surface area contributed by atoms with Crippen LogP contribution in [0.1, 0.15) is 45.6 Å². The number of sulfonamides is 1. The maximum absolute atomic E-state index is 13.3. The highest BCUT2D eigenvalue weighted by Gasteiger charge is 2.27. The van der Waals surface area contributed by atoms with Crippen molar-refractivity contribution in [3.8, 4) is 5.75 Å². The molecule has 0 spiro atoms. The van der Waals surface area contributed by atoms with Crippen LogP contribution in [0, 0.1) is 0 Å². The molecular formula is C26H36BrN3O5S. The average molecular weight is 583 g/mol. The molecule has 0 radical (unpaired) electrons. The van der Waals surface area contributed by atoms with Crippen molar-refractivity contribution in [2.75, 3.05) is 24.2 Å². The molecule has 0 aliphatic heterocycles. The third kappa shape index (κ3) is 8.81. The van der Waals surface area contributed by atoms with E-state index in [1.807, 2.05) is 38.1 Å². The third-order valence-corrected chi connectivity index (χ3v) is 7.59. The Bertz CT molecular complexity index is 1140. The molecule has 2 amide bonds. The van der Waals surface area contributed by atoms with Crippen LogP contribution in [0.15, 0.2) is 53.0 Å². The summed E-state index contributed by atoms with van der Waals surface area (Å²) in [7, 11) is -2.06. The van der Waals surface area contributed by atoms with E-state index in [1.54, 1.807) is 36.1 Å². The number of hydrogen-bond donors (Lipinski definition) is 1. The summed E-state index contributed by atoms with van der Waals surface area (Å²) >= 11 is 3.45. The number of anilines is 1. The predicted octanol–water partition coefficient (Wildman–Crippen LogP) is 4.34. The second-order valence-corrected chi connectivity index (χ2v) is 11.6. The zero-order valence-corrected chi connectivity index (χ0v) is 23.9. The predicted molar refractivity (Wildman–Crippen MR) is 146 cm³/mol. The van der Waals surface area contributed by atoms with Gasteiger partial charge in [-0.3, -0.25) is 13.9 Å². The molecule has 2 aromatic rings. The van der Waals surface area contributed by atoms with Gasteiger partial charge in [-0.05, 0) is 56.5 Å². The monoisotopic (exact) mass is 581 g/mol. The first-order valence-corrected chi connectivity index (χ1v) is 14.6. The molecule has 0 heterocycles. The summed E-state index contributed by atoms with van der Waals surface area (Å²) < 4.78 is 32.3. The molecule has 0 fully saturated rings. The van der Waals surface area contributed by atoms with Gasteiger partial charge in [-0.2, -0.15) is 0 Å². The molecule has 2 atom stereocenters. The molecule has 0 bridgehead atoms. The zero-order valence-electron chi connectivity index (χ0n) is 21.5. The number of rotatable bonds is 13. The second kappa shape index (κ2) is 13.6. The lowest BCUT2D eigenvalue weighted by Gasteiger charge is -2.30. The first kappa shape index (κ1) is 29.6. The van der Waals surface area contributed by atoms with Crippen molar-refractivity contribution < 1.29 is 22.7 Å². The van der Waals surface area contributed by atoms with E-state index in [0.717, 1.165) is 22.7 Å². The van der Waals surface area contributed by atoms with Gasteiger partial charge in [0.05, 0.1) is 19.1 Å². The summed E-state index contributed by atoms with van der Waals surface area (Å²) in [6.07, 6.45) is 2.29. The Morgan fingerprint density at radius 1 is 1.11 bits per heavy atom. The summed E-state index contributed by atoms with van der Waals surface area (Å²) in [6, 6.07) is 13.7. The van der Waals surface area contributed by atoms with Gasteiger partial charge in [0.2, 0.25) is 21.8 Å². The quantitative estimate of drug-likeness (QED) is 0.379. The Kier molecular flexibility index (Phi) is 11.2. The highest BCUT2D eigenvalue weighted by molar-refractivity contribution is 9.10. The Labute approximate surface area is 223 Å². The van der Waals surface area contributed by atoms with Gasteiger partial charge in [0.25, 0.3) is 0 Å². The molecule has 0 saturated carbocycles. The highest BCUT2D eigenvalue weighted by atomic mass is 79.9. The molecule has 1 N–H and O–H groups in total. The van der Waals surface area contributed by atoms with Crippen LogP contribution < -0.4 is 14.4 Å². The van der Waals surface area contributed by atoms with Crippen molar-refractivity contribution in [3.63, 3.8) is 0 Å². The number of carbonyl (C=O) groups is 2. The smallest absolute Gasteiger partial charge is 0.242 e. The number of nitrogens with one attached hydrogen (secondary N) is 1. The van der Waals surface area contributed by atoms with Crippen molar-refractivity contribution in [1.29, 1.82) is 0 Å². The van der Waals surface area contributed by atoms with Crippen LogP contribution in [0.25, 0.3) is 0 Å². The van der Waals surface area contributed by atoms with Crippen LogP contribution in [0.2, 0.25) is 0 Å². The minimum absolute atomic E-state index is 0.00560. The Morgan fingerprint density at radius 3 is 2.42 bits per heavy atom. The SMILES string of the molecule is CC[C@H](C)NC(=O)[C@@H](C)N(Cc1cccc(Br)c1)C(=O)CCCN(c1cccc(OC)c1)S(C)(=O)=O. The van der Waals surface area contributed by atoms with Crippen molar-refractivity contribution in [3.05, 3.63) is 58.6 Å². The normalized spacial score (nSPS) is 12.9. The molecule has 0 unspecified atom stereocenters. The number of methoxy groups -OCH3 is 1. The van der Waals surface area contributed by atoms with Crippen LogP contribution in [0.4, 0.5) is 5.69 Å². The van der Waals surface area contributed by atoms with E-state index in [-0.39, 0.29) is 43.8 Å². The molecule has 0 aliphatic rings. The van der Waals surface area contributed by atoms with E-state index in [2.05, 4.69) is 21.2 Å². The van der Waals surface area contributed by atoms with Crippen LogP contribution in [-0.4, -0.2) is 57.1 Å². The van der Waals surface area contributed by atoms with Gasteiger partial charge in [0.15, 0.2) is 0 Å². The number of benzene rings is 2. The van der Waals surface area contributed by atoms with Crippen LogP contribution in [0.3, 0.4) is 0 Å². The van der Waals surface area contributed by atoms with E-state index in [9.17, 15) is 18.0 Å². The second-order valence-electron chi connectivity index (χ2n) is 8.79. The van der Waals surface area contributed by atoms with E-state index < -0.39 is 16.1 Å². The molecule has 0 aliphatic carbocycles. The zero-order chi connectivity index (χ0) is 26.9. The summed E-state index contributed by atoms with van der Waals surface area (Å²) in [6.45, 7) is 6.00. The fourth-order valence-electron chi connectivity index (χ4n) is 3.65. The molecule has 2 aromatic carbocycles. The van der Waals surface area contributed by atoms with Crippen molar-refractivity contribution in [2.45, 2.75) is 58.7 Å². The van der Waals surface area contributed by atoms with Crippen molar-refractivity contribution in [1.82, 2.24) is 10.2 Å². The lowest BCUT2D eigenvalue weighted by molar-refractivity contribution is -0.140. The number of hydrogen-bond acceptors (Lipinski definition) is 5. The van der Waals surface area contributed by atoms with Crippen LogP contribution in [0.5, 0.6) is 5.75 Å². The van der Waals surface area contributed by atoms with Crippen LogP contribution >= 0.6 is 15.9 Å². The third-order valence-electron chi connectivity index (χ3n) is 5.90. The Hall–Kier alpha value is -2.59. The molecule has 2 rings (SSSR count). The molecule has 0 aromatic heterocycles. The number of carbonyl (C=O) groups excluding carboxylic acids is 2. The standard InChI is InChI=1S/C26H36BrN3O5S/c1-6-19(2)28-26(32)20(3)29(18-21-10-7-11-22(27)16-21)25(31)14-9-15-30(36(5,33)34)23-12-8-13-24(17-23)35-4/h7-8,10-13,16-17,19-20H,6,9,14-15,18H2,1-5H3,(H,28,32)/t19-,20+/m0/s1. The van der Waals surface area contributed by atoms with E-state index >= 15 is 0 Å². The molecule has 10 heteroatoms. The van der Waals surface area contributed by atoms with Crippen molar-refractivity contribution in [2.24, 2.45) is 0 Å². The van der Waals surface area contributed by atoms with Gasteiger partial charge in [-0.25, -0.2) is 8.42 Å². The summed E-state index contributed by atoms with van der Waals surface area (Å²) in [5.41, 5.74) is 1.35. The van der Waals surface area contributed by atoms with Crippen molar-refractivity contribution >= 4 is 43.5 Å². The summed E-state index contributed by atoms with van der Waals surface area (Å²) in [4.78, 5) is 27.8. The number of ether oxygens (including phenoxy) is 1. The lowest BCUT2D eigenvalue weighted by atomic mass is 10.1. The van der Waals surface area contributed by atoms with Gasteiger partial charge in [0.1, 0.15) is 11.8 Å². The molecule has 8 nitrogen and oxygen atoms in total. The minimum Gasteiger partial charge on any atom is -0.497 e. The maximum atomic E-state index is 13.3. The van der Waals surface area contributed by atoms with Gasteiger partial charge >= 0.3 is 0 Å². The van der Waals surface area contributed by atoms with Gasteiger partial charge < -0.3 is 15.0 Å². The maximum Gasteiger partial charge on any atom is 0.242 e. The minimum atomic E-state index is -3.58.